The van der Waals surface area contributed by atoms with E-state index in [0.717, 1.165) is 23.2 Å². The van der Waals surface area contributed by atoms with Crippen molar-refractivity contribution >= 4 is 23.3 Å². The Kier molecular flexibility index (Phi) is 4.27. The zero-order valence-electron chi connectivity index (χ0n) is 14.5. The number of hydrogen-bond donors (Lipinski definition) is 1. The Balaban J connectivity index is 1.69. The summed E-state index contributed by atoms with van der Waals surface area (Å²) in [7, 11) is 0. The molecule has 1 aliphatic rings. The summed E-state index contributed by atoms with van der Waals surface area (Å²) in [5.41, 5.74) is 3.42. The van der Waals surface area contributed by atoms with Gasteiger partial charge in [0, 0.05) is 11.3 Å². The smallest absolute Gasteiger partial charge is 0.288 e. The number of para-hydroxylation sites is 1. The third kappa shape index (κ3) is 3.23. The molecule has 0 fully saturated rings. The van der Waals surface area contributed by atoms with Crippen LogP contribution in [0.4, 0.5) is 21.6 Å². The molecule has 6 heteroatoms. The maximum atomic E-state index is 14.8. The molecule has 0 saturated carbocycles. The standard InChI is InChI=1S/C21H15FN4O/c1-13-10-14-8-9-17(18(22)16(14)11-13)27-21-19(23-2)20(24-12-25-21)26-15-6-4-3-5-7-15/h3-9,11-12H,10H2,1H3,(H,24,25,26). The van der Waals surface area contributed by atoms with Gasteiger partial charge in [-0.2, -0.15) is 0 Å². The van der Waals surface area contributed by atoms with Crippen molar-refractivity contribution < 1.29 is 9.13 Å². The van der Waals surface area contributed by atoms with Crippen LogP contribution in [-0.4, -0.2) is 9.97 Å². The number of halogens is 1. The van der Waals surface area contributed by atoms with E-state index in [1.165, 1.54) is 6.33 Å². The molecular weight excluding hydrogens is 343 g/mol. The van der Waals surface area contributed by atoms with Crippen LogP contribution in [0.15, 0.2) is 54.4 Å². The van der Waals surface area contributed by atoms with Crippen molar-refractivity contribution in [2.24, 2.45) is 0 Å². The number of ether oxygens (including phenoxy) is 1. The normalized spacial score (nSPS) is 12.1. The number of benzene rings is 2. The molecular formula is C21H15FN4O. The van der Waals surface area contributed by atoms with Crippen molar-refractivity contribution in [3.05, 3.63) is 82.7 Å². The molecule has 0 atom stereocenters. The van der Waals surface area contributed by atoms with E-state index in [4.69, 9.17) is 11.3 Å². The van der Waals surface area contributed by atoms with Crippen molar-refractivity contribution in [3.8, 4) is 11.6 Å². The zero-order valence-corrected chi connectivity index (χ0v) is 14.5. The van der Waals surface area contributed by atoms with Gasteiger partial charge in [-0.25, -0.2) is 19.2 Å². The van der Waals surface area contributed by atoms with Gasteiger partial charge >= 0.3 is 0 Å². The van der Waals surface area contributed by atoms with E-state index >= 15 is 0 Å². The van der Waals surface area contributed by atoms with E-state index in [1.54, 1.807) is 6.07 Å². The first-order valence-electron chi connectivity index (χ1n) is 8.36. The van der Waals surface area contributed by atoms with Gasteiger partial charge in [0.1, 0.15) is 12.1 Å². The molecule has 1 aliphatic carbocycles. The lowest BCUT2D eigenvalue weighted by Crippen LogP contribution is -1.99. The molecule has 2 aromatic carbocycles. The van der Waals surface area contributed by atoms with Crippen LogP contribution in [-0.2, 0) is 6.42 Å². The van der Waals surface area contributed by atoms with Crippen LogP contribution < -0.4 is 10.1 Å². The molecule has 0 saturated heterocycles. The van der Waals surface area contributed by atoms with Crippen LogP contribution in [0.1, 0.15) is 18.1 Å². The third-order valence-electron chi connectivity index (χ3n) is 4.24. The molecule has 3 aromatic rings. The summed E-state index contributed by atoms with van der Waals surface area (Å²) in [6.07, 6.45) is 3.83. The van der Waals surface area contributed by atoms with Crippen LogP contribution in [0.2, 0.25) is 0 Å². The molecule has 4 rings (SSSR count). The highest BCUT2D eigenvalue weighted by molar-refractivity contribution is 5.75. The molecule has 0 radical (unpaired) electrons. The summed E-state index contributed by atoms with van der Waals surface area (Å²) in [4.78, 5) is 11.6. The highest BCUT2D eigenvalue weighted by atomic mass is 19.1. The number of rotatable bonds is 4. The molecule has 0 spiro atoms. The average molecular weight is 358 g/mol. The summed E-state index contributed by atoms with van der Waals surface area (Å²) in [6.45, 7) is 9.44. The lowest BCUT2D eigenvalue weighted by molar-refractivity contribution is 0.428. The second-order valence-corrected chi connectivity index (χ2v) is 6.20. The molecule has 27 heavy (non-hydrogen) atoms. The van der Waals surface area contributed by atoms with Gasteiger partial charge in [-0.3, -0.25) is 0 Å². The molecule has 1 N–H and O–H groups in total. The SMILES string of the molecule is [C-]#[N+]c1c(Nc2ccccc2)ncnc1Oc1ccc2c(c1F)C=C(C)C2. The first kappa shape index (κ1) is 16.7. The number of allylic oxidation sites excluding steroid dienone is 1. The average Bonchev–Trinajstić information content (AvgIpc) is 3.06. The van der Waals surface area contributed by atoms with Gasteiger partial charge in [0.15, 0.2) is 11.6 Å². The van der Waals surface area contributed by atoms with Crippen LogP contribution in [0, 0.1) is 12.4 Å². The Hall–Kier alpha value is -3.72. The Bertz CT molecular complexity index is 1090. The van der Waals surface area contributed by atoms with E-state index in [-0.39, 0.29) is 17.3 Å². The first-order chi connectivity index (χ1) is 13.2. The van der Waals surface area contributed by atoms with Gasteiger partial charge in [0.25, 0.3) is 5.69 Å². The van der Waals surface area contributed by atoms with E-state index in [1.807, 2.05) is 49.4 Å². The molecule has 5 nitrogen and oxygen atoms in total. The highest BCUT2D eigenvalue weighted by Gasteiger charge is 2.20. The van der Waals surface area contributed by atoms with Crippen molar-refractivity contribution in [1.82, 2.24) is 9.97 Å². The number of fused-ring (bicyclic) bond motifs is 1. The van der Waals surface area contributed by atoms with Gasteiger partial charge in [0.2, 0.25) is 5.88 Å². The van der Waals surface area contributed by atoms with Crippen LogP contribution in [0.25, 0.3) is 10.9 Å². The molecule has 1 aromatic heterocycles. The summed E-state index contributed by atoms with van der Waals surface area (Å²) in [5.74, 6) is -0.0973. The lowest BCUT2D eigenvalue weighted by Gasteiger charge is -2.12. The van der Waals surface area contributed by atoms with Gasteiger partial charge in [-0.15, -0.1) is 0 Å². The predicted molar refractivity (Wildman–Crippen MR) is 102 cm³/mol. The zero-order chi connectivity index (χ0) is 18.8. The molecule has 0 aliphatic heterocycles. The maximum absolute atomic E-state index is 14.8. The second kappa shape index (κ2) is 6.89. The largest absolute Gasteiger partial charge is 0.446 e. The molecule has 0 unspecified atom stereocenters. The quantitative estimate of drug-likeness (QED) is 0.611. The Morgan fingerprint density at radius 2 is 1.96 bits per heavy atom. The van der Waals surface area contributed by atoms with Crippen LogP contribution in [0.5, 0.6) is 11.6 Å². The highest BCUT2D eigenvalue weighted by Crippen LogP contribution is 2.39. The summed E-state index contributed by atoms with van der Waals surface area (Å²) in [5, 5.41) is 3.06. The third-order valence-corrected chi connectivity index (χ3v) is 4.24. The van der Waals surface area contributed by atoms with Crippen LogP contribution in [0.3, 0.4) is 0 Å². The van der Waals surface area contributed by atoms with Crippen molar-refractivity contribution in [1.29, 1.82) is 0 Å². The molecule has 1 heterocycles. The molecule has 0 amide bonds. The fourth-order valence-electron chi connectivity index (χ4n) is 2.99. The summed E-state index contributed by atoms with van der Waals surface area (Å²) in [6, 6.07) is 12.7. The number of nitrogens with zero attached hydrogens (tertiary/aromatic N) is 3. The number of aromatic nitrogens is 2. The van der Waals surface area contributed by atoms with Gasteiger partial charge < -0.3 is 10.1 Å². The predicted octanol–water partition coefficient (Wildman–Crippen LogP) is 5.66. The molecule has 0 bridgehead atoms. The van der Waals surface area contributed by atoms with Gasteiger partial charge in [-0.1, -0.05) is 35.9 Å². The van der Waals surface area contributed by atoms with Crippen molar-refractivity contribution in [2.45, 2.75) is 13.3 Å². The topological polar surface area (TPSA) is 51.4 Å². The monoisotopic (exact) mass is 358 g/mol. The Labute approximate surface area is 156 Å². The van der Waals surface area contributed by atoms with E-state index < -0.39 is 5.82 Å². The Morgan fingerprint density at radius 3 is 2.74 bits per heavy atom. The second-order valence-electron chi connectivity index (χ2n) is 6.20. The van der Waals surface area contributed by atoms with Crippen molar-refractivity contribution in [3.63, 3.8) is 0 Å². The summed E-state index contributed by atoms with van der Waals surface area (Å²) < 4.78 is 20.5. The fraction of sp³-hybridized carbons (Fsp3) is 0.0952. The maximum Gasteiger partial charge on any atom is 0.288 e. The minimum absolute atomic E-state index is 0.0102. The minimum atomic E-state index is -0.448. The lowest BCUT2D eigenvalue weighted by atomic mass is 10.1. The van der Waals surface area contributed by atoms with Gasteiger partial charge in [0.05, 0.1) is 6.57 Å². The van der Waals surface area contributed by atoms with Crippen molar-refractivity contribution in [2.75, 3.05) is 5.32 Å². The number of anilines is 2. The van der Waals surface area contributed by atoms with Gasteiger partial charge in [-0.05, 0) is 37.1 Å². The minimum Gasteiger partial charge on any atom is -0.446 e. The fourth-order valence-corrected chi connectivity index (χ4v) is 2.99. The summed E-state index contributed by atoms with van der Waals surface area (Å²) >= 11 is 0. The van der Waals surface area contributed by atoms with E-state index in [9.17, 15) is 4.39 Å². The molecule has 132 valence electrons. The number of nitrogens with one attached hydrogen (secondary N) is 1. The Morgan fingerprint density at radius 1 is 1.15 bits per heavy atom. The van der Waals surface area contributed by atoms with Crippen LogP contribution >= 0.6 is 0 Å². The number of hydrogen-bond acceptors (Lipinski definition) is 4. The van der Waals surface area contributed by atoms with E-state index in [0.29, 0.717) is 11.4 Å². The first-order valence-corrected chi connectivity index (χ1v) is 8.36. The van der Waals surface area contributed by atoms with E-state index in [2.05, 4.69) is 20.1 Å².